The minimum Gasteiger partial charge on any atom is -0.434 e. The summed E-state index contributed by atoms with van der Waals surface area (Å²) in [6.45, 7) is 4.69. The quantitative estimate of drug-likeness (QED) is 0.546. The molecule has 28 heavy (non-hydrogen) atoms. The van der Waals surface area contributed by atoms with Gasteiger partial charge in [-0.25, -0.2) is 15.0 Å². The lowest BCUT2D eigenvalue weighted by atomic mass is 9.80. The number of aromatic nitrogens is 5. The summed E-state index contributed by atoms with van der Waals surface area (Å²) in [6, 6.07) is 1.47. The number of pyridine rings is 1. The third-order valence-electron chi connectivity index (χ3n) is 5.12. The number of hydrogen-bond donors (Lipinski definition) is 3. The summed E-state index contributed by atoms with van der Waals surface area (Å²) in [5.74, 6) is 1.45. The molecule has 1 saturated heterocycles. The monoisotopic (exact) mass is 422 g/mol. The van der Waals surface area contributed by atoms with Gasteiger partial charge in [0.15, 0.2) is 22.1 Å². The Hall–Kier alpha value is -2.36. The maximum absolute atomic E-state index is 6.13. The van der Waals surface area contributed by atoms with Gasteiger partial charge >= 0.3 is 0 Å². The Bertz CT molecular complexity index is 1020. The van der Waals surface area contributed by atoms with Crippen LogP contribution in [0, 0.1) is 5.41 Å². The SMILES string of the molecule is CC1(CN)CCN(c2cnc3c(Oc4cc(N)nc(Cl)c4Cl)n[nH]c3n2)CC1. The Balaban J connectivity index is 1.57. The third-order valence-corrected chi connectivity index (χ3v) is 5.86. The summed E-state index contributed by atoms with van der Waals surface area (Å²) < 4.78 is 5.74. The number of anilines is 2. The van der Waals surface area contributed by atoms with E-state index in [1.54, 1.807) is 6.20 Å². The summed E-state index contributed by atoms with van der Waals surface area (Å²) in [4.78, 5) is 15.2. The van der Waals surface area contributed by atoms with Crippen molar-refractivity contribution in [2.45, 2.75) is 19.8 Å². The van der Waals surface area contributed by atoms with Crippen molar-refractivity contribution in [1.82, 2.24) is 25.1 Å². The first kappa shape index (κ1) is 19.0. The molecule has 4 heterocycles. The second-order valence-corrected chi connectivity index (χ2v) is 7.94. The molecule has 1 fully saturated rings. The highest BCUT2D eigenvalue weighted by Crippen LogP contribution is 2.36. The van der Waals surface area contributed by atoms with E-state index in [0.29, 0.717) is 17.7 Å². The largest absolute Gasteiger partial charge is 0.434 e. The van der Waals surface area contributed by atoms with E-state index in [2.05, 4.69) is 37.0 Å². The van der Waals surface area contributed by atoms with Gasteiger partial charge in [0, 0.05) is 19.2 Å². The van der Waals surface area contributed by atoms with Crippen LogP contribution in [-0.4, -0.2) is 44.8 Å². The Kier molecular flexibility index (Phi) is 4.90. The number of rotatable bonds is 4. The molecule has 4 rings (SSSR count). The van der Waals surface area contributed by atoms with Crippen molar-refractivity contribution in [2.24, 2.45) is 11.1 Å². The van der Waals surface area contributed by atoms with Crippen LogP contribution in [0.2, 0.25) is 10.2 Å². The average molecular weight is 423 g/mol. The zero-order chi connectivity index (χ0) is 19.9. The average Bonchev–Trinajstić information content (AvgIpc) is 3.08. The van der Waals surface area contributed by atoms with Gasteiger partial charge in [0.1, 0.15) is 16.7 Å². The van der Waals surface area contributed by atoms with Crippen molar-refractivity contribution in [3.63, 3.8) is 0 Å². The molecule has 0 atom stereocenters. The minimum absolute atomic E-state index is 0.0551. The first-order chi connectivity index (χ1) is 13.4. The molecule has 0 bridgehead atoms. The zero-order valence-corrected chi connectivity index (χ0v) is 16.8. The van der Waals surface area contributed by atoms with Gasteiger partial charge in [-0.05, 0) is 24.8 Å². The van der Waals surface area contributed by atoms with E-state index in [4.69, 9.17) is 39.4 Å². The second-order valence-electron chi connectivity index (χ2n) is 7.21. The Morgan fingerprint density at radius 2 is 2.04 bits per heavy atom. The maximum atomic E-state index is 6.13. The van der Waals surface area contributed by atoms with Gasteiger partial charge in [0.25, 0.3) is 5.88 Å². The zero-order valence-electron chi connectivity index (χ0n) is 15.2. The van der Waals surface area contributed by atoms with Crippen LogP contribution >= 0.6 is 23.2 Å². The smallest absolute Gasteiger partial charge is 0.266 e. The molecule has 1 aliphatic heterocycles. The standard InChI is InChI=1S/C17H20Cl2N8O/c1-17(8-20)2-4-27(5-3-17)11-7-22-13-15(24-11)25-26-16(13)28-9-6-10(21)23-14(19)12(9)18/h6-7H,2-5,8,20H2,1H3,(H2,21,23)(H,24,25,26). The molecule has 5 N–H and O–H groups in total. The highest BCUT2D eigenvalue weighted by atomic mass is 35.5. The van der Waals surface area contributed by atoms with Crippen LogP contribution in [0.25, 0.3) is 11.2 Å². The lowest BCUT2D eigenvalue weighted by molar-refractivity contribution is 0.258. The Morgan fingerprint density at radius 3 is 2.75 bits per heavy atom. The van der Waals surface area contributed by atoms with Crippen molar-refractivity contribution in [2.75, 3.05) is 30.3 Å². The van der Waals surface area contributed by atoms with Crippen LogP contribution in [0.1, 0.15) is 19.8 Å². The number of nitrogens with one attached hydrogen (secondary N) is 1. The number of nitrogen functional groups attached to an aromatic ring is 1. The number of nitrogens with zero attached hydrogens (tertiary/aromatic N) is 5. The maximum Gasteiger partial charge on any atom is 0.266 e. The van der Waals surface area contributed by atoms with E-state index in [1.807, 2.05) is 0 Å². The molecule has 0 saturated carbocycles. The topological polar surface area (TPSA) is 132 Å². The summed E-state index contributed by atoms with van der Waals surface area (Å²) in [5.41, 5.74) is 12.8. The number of aromatic amines is 1. The molecule has 0 aliphatic carbocycles. The van der Waals surface area contributed by atoms with Crippen molar-refractivity contribution >= 4 is 46.0 Å². The summed E-state index contributed by atoms with van der Waals surface area (Å²) in [5, 5.41) is 7.19. The molecular formula is C17H20Cl2N8O. The number of halogens is 2. The van der Waals surface area contributed by atoms with E-state index in [1.165, 1.54) is 6.07 Å². The lowest BCUT2D eigenvalue weighted by Crippen LogP contribution is -2.42. The van der Waals surface area contributed by atoms with E-state index < -0.39 is 0 Å². The highest BCUT2D eigenvalue weighted by Gasteiger charge is 2.29. The van der Waals surface area contributed by atoms with Crippen LogP contribution < -0.4 is 21.1 Å². The van der Waals surface area contributed by atoms with E-state index in [-0.39, 0.29) is 33.0 Å². The van der Waals surface area contributed by atoms with Gasteiger partial charge in [-0.1, -0.05) is 30.1 Å². The third kappa shape index (κ3) is 3.52. The van der Waals surface area contributed by atoms with Gasteiger partial charge in [-0.3, -0.25) is 5.10 Å². The molecule has 0 aromatic carbocycles. The van der Waals surface area contributed by atoms with Gasteiger partial charge in [0.2, 0.25) is 0 Å². The van der Waals surface area contributed by atoms with Crippen molar-refractivity contribution < 1.29 is 4.74 Å². The van der Waals surface area contributed by atoms with Crippen LogP contribution in [0.4, 0.5) is 11.6 Å². The fraction of sp³-hybridized carbons (Fsp3) is 0.412. The molecule has 0 spiro atoms. The molecule has 0 unspecified atom stereocenters. The molecule has 0 radical (unpaired) electrons. The first-order valence-electron chi connectivity index (χ1n) is 8.84. The summed E-state index contributed by atoms with van der Waals surface area (Å²) in [7, 11) is 0. The molecule has 3 aromatic rings. The van der Waals surface area contributed by atoms with Crippen LogP contribution in [0.15, 0.2) is 12.3 Å². The van der Waals surface area contributed by atoms with Gasteiger partial charge in [0.05, 0.1) is 6.20 Å². The van der Waals surface area contributed by atoms with Gasteiger partial charge < -0.3 is 21.1 Å². The Morgan fingerprint density at radius 1 is 1.29 bits per heavy atom. The molecule has 1 aliphatic rings. The number of hydrogen-bond acceptors (Lipinski definition) is 8. The number of nitrogens with two attached hydrogens (primary N) is 2. The summed E-state index contributed by atoms with van der Waals surface area (Å²) >= 11 is 12.1. The van der Waals surface area contributed by atoms with Crippen LogP contribution in [0.3, 0.4) is 0 Å². The molecule has 148 valence electrons. The normalized spacial score (nSPS) is 16.5. The highest BCUT2D eigenvalue weighted by molar-refractivity contribution is 6.42. The Labute approximate surface area is 171 Å². The summed E-state index contributed by atoms with van der Waals surface area (Å²) in [6.07, 6.45) is 3.75. The second kappa shape index (κ2) is 7.23. The number of piperidine rings is 1. The predicted octanol–water partition coefficient (Wildman–Crippen LogP) is 2.99. The van der Waals surface area contributed by atoms with E-state index in [0.717, 1.165) is 31.7 Å². The predicted molar refractivity (Wildman–Crippen MR) is 109 cm³/mol. The lowest BCUT2D eigenvalue weighted by Gasteiger charge is -2.39. The fourth-order valence-electron chi connectivity index (χ4n) is 3.15. The fourth-order valence-corrected chi connectivity index (χ4v) is 3.47. The first-order valence-corrected chi connectivity index (χ1v) is 9.60. The number of H-pyrrole nitrogens is 1. The number of ether oxygens (including phenoxy) is 1. The van der Waals surface area contributed by atoms with Gasteiger partial charge in [-0.2, -0.15) is 0 Å². The molecule has 0 amide bonds. The van der Waals surface area contributed by atoms with E-state index in [9.17, 15) is 0 Å². The van der Waals surface area contributed by atoms with Gasteiger partial charge in [-0.15, -0.1) is 5.10 Å². The van der Waals surface area contributed by atoms with Crippen molar-refractivity contribution in [3.05, 3.63) is 22.4 Å². The number of fused-ring (bicyclic) bond motifs is 1. The van der Waals surface area contributed by atoms with Crippen molar-refractivity contribution in [1.29, 1.82) is 0 Å². The van der Waals surface area contributed by atoms with Crippen LogP contribution in [-0.2, 0) is 0 Å². The van der Waals surface area contributed by atoms with Crippen LogP contribution in [0.5, 0.6) is 11.6 Å². The van der Waals surface area contributed by atoms with E-state index >= 15 is 0 Å². The molecule has 11 heteroatoms. The minimum atomic E-state index is 0.0551. The molecular weight excluding hydrogens is 403 g/mol. The molecule has 9 nitrogen and oxygen atoms in total. The van der Waals surface area contributed by atoms with Crippen molar-refractivity contribution in [3.8, 4) is 11.6 Å². The molecule has 3 aromatic heterocycles.